The quantitative estimate of drug-likeness (QED) is 0.657. The Kier molecular flexibility index (Phi) is 1.95. The van der Waals surface area contributed by atoms with E-state index in [-0.39, 0.29) is 0 Å². The molecule has 0 spiro atoms. The summed E-state index contributed by atoms with van der Waals surface area (Å²) < 4.78 is 0. The molecular weight excluding hydrogens is 224 g/mol. The molecule has 84 valence electrons. The van der Waals surface area contributed by atoms with Crippen LogP contribution < -0.4 is 0 Å². The summed E-state index contributed by atoms with van der Waals surface area (Å²) in [6, 6.07) is 18.0. The molecule has 0 saturated carbocycles. The minimum Gasteiger partial charge on any atom is -0.145 e. The molecule has 2 aliphatic heterocycles. The van der Waals surface area contributed by atoms with Crippen molar-refractivity contribution in [2.75, 3.05) is 0 Å². The highest BCUT2D eigenvalue weighted by Crippen LogP contribution is 2.58. The molecule has 1 aliphatic carbocycles. The molecule has 17 heavy (non-hydrogen) atoms. The van der Waals surface area contributed by atoms with E-state index in [0.717, 1.165) is 0 Å². The first-order valence-corrected chi connectivity index (χ1v) is 7.13. The van der Waals surface area contributed by atoms with E-state index >= 15 is 0 Å². The second kappa shape index (κ2) is 3.39. The first-order valence-electron chi connectivity index (χ1n) is 6.19. The lowest BCUT2D eigenvalue weighted by atomic mass is 9.76. The van der Waals surface area contributed by atoms with Crippen molar-refractivity contribution in [2.24, 2.45) is 0 Å². The summed E-state index contributed by atoms with van der Waals surface area (Å²) in [5, 5.41) is 1.26. The molecule has 0 fully saturated rings. The first kappa shape index (κ1) is 9.78. The van der Waals surface area contributed by atoms with E-state index in [2.05, 4.69) is 67.2 Å². The van der Waals surface area contributed by atoms with Crippen LogP contribution in [0.2, 0.25) is 0 Å². The Morgan fingerprint density at radius 2 is 1.24 bits per heavy atom. The van der Waals surface area contributed by atoms with E-state index in [1.54, 1.807) is 22.3 Å². The highest BCUT2D eigenvalue weighted by atomic mass is 32.2. The van der Waals surface area contributed by atoms with Gasteiger partial charge >= 0.3 is 0 Å². The van der Waals surface area contributed by atoms with Gasteiger partial charge in [-0.05, 0) is 22.3 Å². The van der Waals surface area contributed by atoms with Gasteiger partial charge in [0.1, 0.15) is 0 Å². The van der Waals surface area contributed by atoms with Crippen LogP contribution >= 0.6 is 11.8 Å². The molecule has 2 aromatic carbocycles. The summed E-state index contributed by atoms with van der Waals surface area (Å²) in [7, 11) is 0. The van der Waals surface area contributed by atoms with Crippen LogP contribution in [-0.4, -0.2) is 5.25 Å². The Morgan fingerprint density at radius 1 is 0.765 bits per heavy atom. The second-order valence-corrected chi connectivity index (χ2v) is 6.44. The number of hydrogen-bond donors (Lipinski definition) is 0. The molecule has 0 nitrogen and oxygen atoms in total. The fraction of sp³-hybridized carbons (Fsp3) is 0.250. The molecule has 5 rings (SSSR count). The van der Waals surface area contributed by atoms with Crippen molar-refractivity contribution in [2.45, 2.75) is 23.3 Å². The molecule has 0 radical (unpaired) electrons. The van der Waals surface area contributed by atoms with Gasteiger partial charge in [-0.15, -0.1) is 11.8 Å². The fourth-order valence-corrected chi connectivity index (χ4v) is 4.95. The van der Waals surface area contributed by atoms with Gasteiger partial charge in [0.15, 0.2) is 0 Å². The Balaban J connectivity index is 2.04. The average Bonchev–Trinajstić information content (AvgIpc) is 2.39. The largest absolute Gasteiger partial charge is 0.145 e. The van der Waals surface area contributed by atoms with Crippen molar-refractivity contribution in [3.05, 3.63) is 70.8 Å². The molecule has 0 aromatic heterocycles. The normalized spacial score (nSPS) is 28.6. The van der Waals surface area contributed by atoms with Crippen LogP contribution in [0.25, 0.3) is 0 Å². The summed E-state index contributed by atoms with van der Waals surface area (Å²) in [6.07, 6.45) is 0. The summed E-state index contributed by atoms with van der Waals surface area (Å²) in [5.74, 6) is 0.595. The minimum absolute atomic E-state index is 0.558. The SMILES string of the molecule is CC1SC2c3ccccc3C1c1ccccc12. The molecule has 2 heterocycles. The van der Waals surface area contributed by atoms with Crippen LogP contribution in [0.5, 0.6) is 0 Å². The van der Waals surface area contributed by atoms with Gasteiger partial charge in [-0.2, -0.15) is 0 Å². The predicted molar refractivity (Wildman–Crippen MR) is 73.6 cm³/mol. The van der Waals surface area contributed by atoms with Crippen LogP contribution in [-0.2, 0) is 0 Å². The summed E-state index contributed by atoms with van der Waals surface area (Å²) in [5.41, 5.74) is 6.20. The van der Waals surface area contributed by atoms with Crippen LogP contribution in [0, 0.1) is 0 Å². The molecule has 0 N–H and O–H groups in total. The molecule has 1 heteroatoms. The highest BCUT2D eigenvalue weighted by Gasteiger charge is 2.41. The number of benzene rings is 2. The van der Waals surface area contributed by atoms with Gasteiger partial charge < -0.3 is 0 Å². The summed E-state index contributed by atoms with van der Waals surface area (Å²) in [6.45, 7) is 2.37. The number of fused-ring (bicyclic) bond motifs is 1. The lowest BCUT2D eigenvalue weighted by Gasteiger charge is -2.43. The van der Waals surface area contributed by atoms with Gasteiger partial charge in [-0.1, -0.05) is 55.5 Å². The zero-order valence-electron chi connectivity index (χ0n) is 9.76. The average molecular weight is 238 g/mol. The number of rotatable bonds is 0. The van der Waals surface area contributed by atoms with E-state index in [0.29, 0.717) is 16.4 Å². The van der Waals surface area contributed by atoms with Crippen molar-refractivity contribution in [3.63, 3.8) is 0 Å². The summed E-state index contributed by atoms with van der Waals surface area (Å²) in [4.78, 5) is 0. The fourth-order valence-electron chi connectivity index (χ4n) is 3.35. The topological polar surface area (TPSA) is 0 Å². The summed E-state index contributed by atoms with van der Waals surface area (Å²) >= 11 is 2.12. The number of thioether (sulfide) groups is 1. The number of hydrogen-bond acceptors (Lipinski definition) is 1. The Hall–Kier alpha value is -1.21. The van der Waals surface area contributed by atoms with Crippen molar-refractivity contribution in [1.29, 1.82) is 0 Å². The van der Waals surface area contributed by atoms with Crippen LogP contribution in [0.3, 0.4) is 0 Å². The zero-order chi connectivity index (χ0) is 11.4. The maximum absolute atomic E-state index is 2.37. The maximum atomic E-state index is 2.37. The van der Waals surface area contributed by atoms with E-state index in [4.69, 9.17) is 0 Å². The van der Waals surface area contributed by atoms with E-state index in [9.17, 15) is 0 Å². The zero-order valence-corrected chi connectivity index (χ0v) is 10.6. The molecule has 1 unspecified atom stereocenters. The van der Waals surface area contributed by atoms with E-state index in [1.165, 1.54) is 0 Å². The van der Waals surface area contributed by atoms with Crippen molar-refractivity contribution in [1.82, 2.24) is 0 Å². The minimum atomic E-state index is 0.558. The van der Waals surface area contributed by atoms with Crippen molar-refractivity contribution >= 4 is 11.8 Å². The van der Waals surface area contributed by atoms with Gasteiger partial charge in [0.25, 0.3) is 0 Å². The third kappa shape index (κ3) is 1.21. The standard InChI is InChI=1S/C16H14S/c1-10-15-11-6-2-4-8-13(11)16(17-10)14-9-5-3-7-12(14)15/h2-10,15-16H,1H3. The molecule has 3 aliphatic rings. The van der Waals surface area contributed by atoms with Gasteiger partial charge in [-0.3, -0.25) is 0 Å². The third-order valence-corrected chi connectivity index (χ3v) is 5.53. The van der Waals surface area contributed by atoms with E-state index in [1.807, 2.05) is 0 Å². The molecule has 1 atom stereocenters. The molecule has 0 saturated heterocycles. The van der Waals surface area contributed by atoms with Gasteiger partial charge in [0.2, 0.25) is 0 Å². The predicted octanol–water partition coefficient (Wildman–Crippen LogP) is 4.36. The molecular formula is C16H14S. The van der Waals surface area contributed by atoms with Gasteiger partial charge in [-0.25, -0.2) is 0 Å². The van der Waals surface area contributed by atoms with Crippen LogP contribution in [0.15, 0.2) is 48.5 Å². The monoisotopic (exact) mass is 238 g/mol. The second-order valence-electron chi connectivity index (χ2n) is 4.96. The smallest absolute Gasteiger partial charge is 0.0555 e. The maximum Gasteiger partial charge on any atom is 0.0555 e. The first-order chi connectivity index (χ1) is 8.36. The van der Waals surface area contributed by atoms with Crippen molar-refractivity contribution < 1.29 is 0 Å². The van der Waals surface area contributed by atoms with Gasteiger partial charge in [0, 0.05) is 11.2 Å². The third-order valence-electron chi connectivity index (χ3n) is 4.05. The Labute approximate surface area is 106 Å². The lowest BCUT2D eigenvalue weighted by molar-refractivity contribution is 0.719. The van der Waals surface area contributed by atoms with E-state index < -0.39 is 0 Å². The van der Waals surface area contributed by atoms with Crippen LogP contribution in [0.1, 0.15) is 40.3 Å². The Bertz CT molecular complexity index is 540. The van der Waals surface area contributed by atoms with Gasteiger partial charge in [0.05, 0.1) is 5.25 Å². The highest BCUT2D eigenvalue weighted by molar-refractivity contribution is 8.00. The Morgan fingerprint density at radius 3 is 1.76 bits per heavy atom. The lowest BCUT2D eigenvalue weighted by Crippen LogP contribution is -2.29. The molecule has 0 amide bonds. The van der Waals surface area contributed by atoms with Crippen molar-refractivity contribution in [3.8, 4) is 0 Å². The molecule has 2 bridgehead atoms. The van der Waals surface area contributed by atoms with Crippen LogP contribution in [0.4, 0.5) is 0 Å². The molecule has 2 aromatic rings.